The summed E-state index contributed by atoms with van der Waals surface area (Å²) in [6.07, 6.45) is 5.50. The van der Waals surface area contributed by atoms with Gasteiger partial charge in [0.15, 0.2) is 0 Å². The predicted molar refractivity (Wildman–Crippen MR) is 72.0 cm³/mol. The SMILES string of the molecule is CCOc1ccc(C2=CCC(C)=CCN2)cc1. The fourth-order valence-electron chi connectivity index (χ4n) is 1.87. The van der Waals surface area contributed by atoms with Gasteiger partial charge in [0, 0.05) is 12.2 Å². The smallest absolute Gasteiger partial charge is 0.119 e. The van der Waals surface area contributed by atoms with Crippen LogP contribution in [-0.2, 0) is 0 Å². The lowest BCUT2D eigenvalue weighted by molar-refractivity contribution is 0.340. The van der Waals surface area contributed by atoms with E-state index in [1.165, 1.54) is 16.8 Å². The monoisotopic (exact) mass is 229 g/mol. The van der Waals surface area contributed by atoms with Gasteiger partial charge in [0.25, 0.3) is 0 Å². The van der Waals surface area contributed by atoms with Crippen LogP contribution in [0.3, 0.4) is 0 Å². The van der Waals surface area contributed by atoms with Gasteiger partial charge in [0.1, 0.15) is 5.75 Å². The summed E-state index contributed by atoms with van der Waals surface area (Å²) < 4.78 is 5.44. The van der Waals surface area contributed by atoms with Gasteiger partial charge in [-0.15, -0.1) is 0 Å². The van der Waals surface area contributed by atoms with E-state index >= 15 is 0 Å². The number of hydrogen-bond donors (Lipinski definition) is 1. The molecule has 1 aliphatic heterocycles. The molecular formula is C15H19NO. The van der Waals surface area contributed by atoms with E-state index in [0.29, 0.717) is 6.61 Å². The molecule has 0 bridgehead atoms. The molecule has 1 heterocycles. The van der Waals surface area contributed by atoms with Crippen molar-refractivity contribution in [1.82, 2.24) is 5.32 Å². The minimum absolute atomic E-state index is 0.712. The van der Waals surface area contributed by atoms with Gasteiger partial charge in [-0.05, 0) is 50.1 Å². The van der Waals surface area contributed by atoms with Crippen molar-refractivity contribution in [2.45, 2.75) is 20.3 Å². The van der Waals surface area contributed by atoms with E-state index in [9.17, 15) is 0 Å². The summed E-state index contributed by atoms with van der Waals surface area (Å²) in [4.78, 5) is 0. The van der Waals surface area contributed by atoms with Crippen molar-refractivity contribution in [1.29, 1.82) is 0 Å². The minimum atomic E-state index is 0.712. The molecule has 2 rings (SSSR count). The molecular weight excluding hydrogens is 210 g/mol. The first-order valence-electron chi connectivity index (χ1n) is 6.12. The Morgan fingerprint density at radius 1 is 1.18 bits per heavy atom. The van der Waals surface area contributed by atoms with Crippen LogP contribution < -0.4 is 10.1 Å². The number of benzene rings is 1. The third-order valence-electron chi connectivity index (χ3n) is 2.85. The minimum Gasteiger partial charge on any atom is -0.494 e. The maximum Gasteiger partial charge on any atom is 0.119 e. The number of ether oxygens (including phenoxy) is 1. The van der Waals surface area contributed by atoms with Crippen molar-refractivity contribution < 1.29 is 4.74 Å². The Morgan fingerprint density at radius 3 is 2.65 bits per heavy atom. The Labute approximate surface area is 103 Å². The van der Waals surface area contributed by atoms with E-state index < -0.39 is 0 Å². The molecule has 1 N–H and O–H groups in total. The molecule has 1 aromatic rings. The van der Waals surface area contributed by atoms with E-state index in [2.05, 4.69) is 36.5 Å². The Balaban J connectivity index is 2.12. The molecule has 2 heteroatoms. The number of rotatable bonds is 3. The zero-order valence-corrected chi connectivity index (χ0v) is 10.5. The van der Waals surface area contributed by atoms with Gasteiger partial charge in [-0.25, -0.2) is 0 Å². The van der Waals surface area contributed by atoms with Crippen LogP contribution in [0, 0.1) is 0 Å². The van der Waals surface area contributed by atoms with Crippen LogP contribution in [0.2, 0.25) is 0 Å². The summed E-state index contributed by atoms with van der Waals surface area (Å²) in [5.74, 6) is 0.930. The number of hydrogen-bond acceptors (Lipinski definition) is 2. The van der Waals surface area contributed by atoms with Gasteiger partial charge in [-0.2, -0.15) is 0 Å². The predicted octanol–water partition coefficient (Wildman–Crippen LogP) is 3.37. The Bertz CT molecular complexity index is 429. The van der Waals surface area contributed by atoms with Crippen molar-refractivity contribution in [3.8, 4) is 5.75 Å². The Hall–Kier alpha value is -1.70. The van der Waals surface area contributed by atoms with Crippen LogP contribution in [0.15, 0.2) is 42.0 Å². The molecule has 1 aromatic carbocycles. The molecule has 0 unspecified atom stereocenters. The van der Waals surface area contributed by atoms with E-state index in [4.69, 9.17) is 4.74 Å². The quantitative estimate of drug-likeness (QED) is 0.802. The average Bonchev–Trinajstić information content (AvgIpc) is 2.56. The number of allylic oxidation sites excluding steroid dienone is 2. The fraction of sp³-hybridized carbons (Fsp3) is 0.333. The van der Waals surface area contributed by atoms with Crippen LogP contribution in [0.25, 0.3) is 5.70 Å². The molecule has 0 saturated carbocycles. The highest BCUT2D eigenvalue weighted by Gasteiger charge is 2.03. The first kappa shape index (κ1) is 11.8. The van der Waals surface area contributed by atoms with Crippen molar-refractivity contribution in [2.24, 2.45) is 0 Å². The first-order valence-corrected chi connectivity index (χ1v) is 6.12. The van der Waals surface area contributed by atoms with E-state index in [-0.39, 0.29) is 0 Å². The third-order valence-corrected chi connectivity index (χ3v) is 2.85. The molecule has 0 spiro atoms. The van der Waals surface area contributed by atoms with Gasteiger partial charge in [-0.3, -0.25) is 0 Å². The standard InChI is InChI=1S/C15H19NO/c1-3-17-14-7-5-13(6-8-14)15-9-4-12(2)10-11-16-15/h5-10,16H,3-4,11H2,1-2H3. The molecule has 0 fully saturated rings. The van der Waals surface area contributed by atoms with Crippen LogP contribution in [0.5, 0.6) is 5.75 Å². The Kier molecular flexibility index (Phi) is 3.86. The van der Waals surface area contributed by atoms with Gasteiger partial charge < -0.3 is 10.1 Å². The third kappa shape index (κ3) is 3.13. The van der Waals surface area contributed by atoms with E-state index in [1.54, 1.807) is 0 Å². The molecule has 0 atom stereocenters. The number of nitrogens with one attached hydrogen (secondary N) is 1. The highest BCUT2D eigenvalue weighted by molar-refractivity contribution is 5.65. The van der Waals surface area contributed by atoms with Gasteiger partial charge in [0.2, 0.25) is 0 Å². The summed E-state index contributed by atoms with van der Waals surface area (Å²) in [5, 5.41) is 3.42. The van der Waals surface area contributed by atoms with E-state index in [0.717, 1.165) is 18.7 Å². The van der Waals surface area contributed by atoms with Crippen LogP contribution in [-0.4, -0.2) is 13.2 Å². The van der Waals surface area contributed by atoms with Crippen molar-refractivity contribution in [2.75, 3.05) is 13.2 Å². The lowest BCUT2D eigenvalue weighted by Gasteiger charge is -2.09. The zero-order valence-electron chi connectivity index (χ0n) is 10.5. The Morgan fingerprint density at radius 2 is 1.94 bits per heavy atom. The molecule has 0 saturated heterocycles. The van der Waals surface area contributed by atoms with Gasteiger partial charge >= 0.3 is 0 Å². The first-order chi connectivity index (χ1) is 8.29. The largest absolute Gasteiger partial charge is 0.494 e. The summed E-state index contributed by atoms with van der Waals surface area (Å²) in [7, 11) is 0. The highest BCUT2D eigenvalue weighted by Crippen LogP contribution is 2.19. The zero-order chi connectivity index (χ0) is 12.1. The maximum absolute atomic E-state index is 5.44. The van der Waals surface area contributed by atoms with Crippen molar-refractivity contribution >= 4 is 5.70 Å². The molecule has 1 aliphatic rings. The highest BCUT2D eigenvalue weighted by atomic mass is 16.5. The molecule has 0 radical (unpaired) electrons. The summed E-state index contributed by atoms with van der Waals surface area (Å²) >= 11 is 0. The molecule has 0 aromatic heterocycles. The summed E-state index contributed by atoms with van der Waals surface area (Å²) in [6, 6.07) is 8.24. The molecule has 0 amide bonds. The average molecular weight is 229 g/mol. The molecule has 90 valence electrons. The maximum atomic E-state index is 5.44. The lowest BCUT2D eigenvalue weighted by Crippen LogP contribution is -2.10. The second-order valence-electron chi connectivity index (χ2n) is 4.21. The second-order valence-corrected chi connectivity index (χ2v) is 4.21. The van der Waals surface area contributed by atoms with Crippen molar-refractivity contribution in [3.63, 3.8) is 0 Å². The lowest BCUT2D eigenvalue weighted by atomic mass is 10.1. The molecule has 2 nitrogen and oxygen atoms in total. The molecule has 0 aliphatic carbocycles. The van der Waals surface area contributed by atoms with Gasteiger partial charge in [0.05, 0.1) is 6.61 Å². The normalized spacial score (nSPS) is 15.4. The fourth-order valence-corrected chi connectivity index (χ4v) is 1.87. The van der Waals surface area contributed by atoms with Crippen LogP contribution in [0.4, 0.5) is 0 Å². The van der Waals surface area contributed by atoms with Gasteiger partial charge in [-0.1, -0.05) is 17.7 Å². The topological polar surface area (TPSA) is 21.3 Å². The summed E-state index contributed by atoms with van der Waals surface area (Å²) in [6.45, 7) is 5.78. The van der Waals surface area contributed by atoms with Crippen LogP contribution >= 0.6 is 0 Å². The summed E-state index contributed by atoms with van der Waals surface area (Å²) in [5.41, 5.74) is 3.84. The molecule has 17 heavy (non-hydrogen) atoms. The van der Waals surface area contributed by atoms with Crippen molar-refractivity contribution in [3.05, 3.63) is 47.6 Å². The van der Waals surface area contributed by atoms with E-state index in [1.807, 2.05) is 19.1 Å². The second kappa shape index (κ2) is 5.58. The van der Waals surface area contributed by atoms with Crippen LogP contribution in [0.1, 0.15) is 25.8 Å².